The number of ether oxygens (including phenoxy) is 2. The number of hydrogen-bond donors (Lipinski definition) is 1. The van der Waals surface area contributed by atoms with Crippen molar-refractivity contribution in [2.45, 2.75) is 6.92 Å². The van der Waals surface area contributed by atoms with Crippen LogP contribution in [0, 0.1) is 6.92 Å². The fraction of sp³-hybridized carbons (Fsp3) is 0.200. The van der Waals surface area contributed by atoms with E-state index in [1.165, 1.54) is 0 Å². The molecule has 0 atom stereocenters. The number of methoxy groups -OCH3 is 2. The summed E-state index contributed by atoms with van der Waals surface area (Å²) >= 11 is 0. The SMILES string of the molecule is COc1cc2nc(-c3ccn[nH]3)cc(C)c2cc1OC. The van der Waals surface area contributed by atoms with Crippen LogP contribution in [0.4, 0.5) is 0 Å². The highest BCUT2D eigenvalue weighted by molar-refractivity contribution is 5.87. The second-order valence-electron chi connectivity index (χ2n) is 4.52. The lowest BCUT2D eigenvalue weighted by Gasteiger charge is -2.11. The first-order valence-electron chi connectivity index (χ1n) is 6.26. The summed E-state index contributed by atoms with van der Waals surface area (Å²) in [4.78, 5) is 4.66. The Morgan fingerprint density at radius 3 is 2.45 bits per heavy atom. The van der Waals surface area contributed by atoms with Crippen molar-refractivity contribution < 1.29 is 9.47 Å². The fourth-order valence-corrected chi connectivity index (χ4v) is 2.26. The van der Waals surface area contributed by atoms with E-state index >= 15 is 0 Å². The van der Waals surface area contributed by atoms with Gasteiger partial charge in [-0.25, -0.2) is 4.98 Å². The van der Waals surface area contributed by atoms with E-state index in [1.54, 1.807) is 20.4 Å². The van der Waals surface area contributed by atoms with Gasteiger partial charge in [0.2, 0.25) is 0 Å². The zero-order valence-corrected chi connectivity index (χ0v) is 11.6. The molecule has 20 heavy (non-hydrogen) atoms. The van der Waals surface area contributed by atoms with E-state index in [9.17, 15) is 0 Å². The molecule has 0 saturated heterocycles. The molecule has 5 heteroatoms. The fourth-order valence-electron chi connectivity index (χ4n) is 2.26. The summed E-state index contributed by atoms with van der Waals surface area (Å²) in [6, 6.07) is 7.77. The van der Waals surface area contributed by atoms with Gasteiger partial charge in [0.15, 0.2) is 11.5 Å². The highest BCUT2D eigenvalue weighted by Crippen LogP contribution is 2.33. The number of aryl methyl sites for hydroxylation is 1. The van der Waals surface area contributed by atoms with Crippen LogP contribution in [0.3, 0.4) is 0 Å². The van der Waals surface area contributed by atoms with Gasteiger partial charge in [-0.3, -0.25) is 5.10 Å². The Bertz CT molecular complexity index is 751. The molecular formula is C15H15N3O2. The summed E-state index contributed by atoms with van der Waals surface area (Å²) in [5, 5.41) is 7.93. The van der Waals surface area contributed by atoms with E-state index in [4.69, 9.17) is 9.47 Å². The first kappa shape index (κ1) is 12.5. The van der Waals surface area contributed by atoms with Crippen LogP contribution in [-0.2, 0) is 0 Å². The number of aromatic amines is 1. The molecule has 0 bridgehead atoms. The Morgan fingerprint density at radius 2 is 1.80 bits per heavy atom. The van der Waals surface area contributed by atoms with E-state index < -0.39 is 0 Å². The van der Waals surface area contributed by atoms with Gasteiger partial charge in [0.25, 0.3) is 0 Å². The minimum absolute atomic E-state index is 0.675. The number of H-pyrrole nitrogens is 1. The Hall–Kier alpha value is -2.56. The quantitative estimate of drug-likeness (QED) is 0.794. The molecular weight excluding hydrogens is 254 g/mol. The molecule has 2 aromatic heterocycles. The lowest BCUT2D eigenvalue weighted by molar-refractivity contribution is 0.356. The van der Waals surface area contributed by atoms with Gasteiger partial charge in [-0.2, -0.15) is 5.10 Å². The van der Waals surface area contributed by atoms with Crippen LogP contribution < -0.4 is 9.47 Å². The second-order valence-corrected chi connectivity index (χ2v) is 4.52. The van der Waals surface area contributed by atoms with Crippen molar-refractivity contribution in [1.82, 2.24) is 15.2 Å². The van der Waals surface area contributed by atoms with Gasteiger partial charge in [0.05, 0.1) is 31.1 Å². The van der Waals surface area contributed by atoms with Crippen LogP contribution in [0.5, 0.6) is 11.5 Å². The highest BCUT2D eigenvalue weighted by atomic mass is 16.5. The number of nitrogens with one attached hydrogen (secondary N) is 1. The monoisotopic (exact) mass is 269 g/mol. The van der Waals surface area contributed by atoms with Crippen LogP contribution in [0.2, 0.25) is 0 Å². The molecule has 3 rings (SSSR count). The number of aromatic nitrogens is 3. The molecule has 0 aliphatic heterocycles. The Morgan fingerprint density at radius 1 is 1.05 bits per heavy atom. The Balaban J connectivity index is 2.25. The van der Waals surface area contributed by atoms with Gasteiger partial charge in [-0.15, -0.1) is 0 Å². The standard InChI is InChI=1S/C15H15N3O2/c1-9-6-13(11-4-5-16-18-11)17-12-8-15(20-3)14(19-2)7-10(9)12/h4-8H,1-3H3,(H,16,18). The molecule has 0 aliphatic rings. The van der Waals surface area contributed by atoms with Gasteiger partial charge >= 0.3 is 0 Å². The van der Waals surface area contributed by atoms with E-state index in [-0.39, 0.29) is 0 Å². The normalized spacial score (nSPS) is 10.8. The Kier molecular flexibility index (Phi) is 3.02. The van der Waals surface area contributed by atoms with Gasteiger partial charge in [0.1, 0.15) is 0 Å². The summed E-state index contributed by atoms with van der Waals surface area (Å²) in [5.74, 6) is 1.38. The van der Waals surface area contributed by atoms with E-state index in [1.807, 2.05) is 24.3 Å². The summed E-state index contributed by atoms with van der Waals surface area (Å²) in [6.07, 6.45) is 1.71. The van der Waals surface area contributed by atoms with E-state index in [2.05, 4.69) is 22.1 Å². The number of benzene rings is 1. The summed E-state index contributed by atoms with van der Waals surface area (Å²) < 4.78 is 10.7. The first-order valence-corrected chi connectivity index (χ1v) is 6.26. The topological polar surface area (TPSA) is 60.0 Å². The molecule has 0 aliphatic carbocycles. The molecule has 0 spiro atoms. The lowest BCUT2D eigenvalue weighted by Crippen LogP contribution is -1.94. The van der Waals surface area contributed by atoms with E-state index in [0.29, 0.717) is 11.5 Å². The second kappa shape index (κ2) is 4.85. The number of fused-ring (bicyclic) bond motifs is 1. The minimum atomic E-state index is 0.675. The van der Waals surface area contributed by atoms with Crippen LogP contribution in [0.15, 0.2) is 30.5 Å². The number of pyridine rings is 1. The van der Waals surface area contributed by atoms with Crippen LogP contribution in [-0.4, -0.2) is 29.4 Å². The molecule has 0 amide bonds. The van der Waals surface area contributed by atoms with Gasteiger partial charge in [-0.1, -0.05) is 0 Å². The van der Waals surface area contributed by atoms with Crippen molar-refractivity contribution in [2.75, 3.05) is 14.2 Å². The zero-order chi connectivity index (χ0) is 14.1. The van der Waals surface area contributed by atoms with Crippen molar-refractivity contribution >= 4 is 10.9 Å². The van der Waals surface area contributed by atoms with Crippen LogP contribution in [0.25, 0.3) is 22.3 Å². The largest absolute Gasteiger partial charge is 0.493 e. The average Bonchev–Trinajstić information content (AvgIpc) is 3.00. The summed E-state index contributed by atoms with van der Waals surface area (Å²) in [5.41, 5.74) is 3.75. The van der Waals surface area contributed by atoms with Crippen LogP contribution in [0.1, 0.15) is 5.56 Å². The predicted molar refractivity (Wildman–Crippen MR) is 77.2 cm³/mol. The van der Waals surface area contributed by atoms with Gasteiger partial charge in [-0.05, 0) is 30.7 Å². The average molecular weight is 269 g/mol. The highest BCUT2D eigenvalue weighted by Gasteiger charge is 2.11. The zero-order valence-electron chi connectivity index (χ0n) is 11.6. The van der Waals surface area contributed by atoms with Crippen molar-refractivity contribution in [3.63, 3.8) is 0 Å². The molecule has 1 N–H and O–H groups in total. The van der Waals surface area contributed by atoms with Gasteiger partial charge in [0, 0.05) is 17.6 Å². The van der Waals surface area contributed by atoms with Crippen molar-refractivity contribution in [3.8, 4) is 22.9 Å². The molecule has 0 saturated carbocycles. The third-order valence-corrected chi connectivity index (χ3v) is 3.30. The molecule has 3 aromatic rings. The molecule has 0 unspecified atom stereocenters. The van der Waals surface area contributed by atoms with Crippen molar-refractivity contribution in [2.24, 2.45) is 0 Å². The number of rotatable bonds is 3. The smallest absolute Gasteiger partial charge is 0.162 e. The first-order chi connectivity index (χ1) is 9.72. The van der Waals surface area contributed by atoms with Crippen LogP contribution >= 0.6 is 0 Å². The molecule has 1 aromatic carbocycles. The van der Waals surface area contributed by atoms with Crippen molar-refractivity contribution in [3.05, 3.63) is 36.0 Å². The molecule has 0 fully saturated rings. The lowest BCUT2D eigenvalue weighted by atomic mass is 10.1. The number of hydrogen-bond acceptors (Lipinski definition) is 4. The number of nitrogens with zero attached hydrogens (tertiary/aromatic N) is 2. The third kappa shape index (κ3) is 1.97. The molecule has 5 nitrogen and oxygen atoms in total. The molecule has 2 heterocycles. The molecule has 0 radical (unpaired) electrons. The van der Waals surface area contributed by atoms with E-state index in [0.717, 1.165) is 27.9 Å². The maximum atomic E-state index is 5.33. The molecule has 102 valence electrons. The van der Waals surface area contributed by atoms with Gasteiger partial charge < -0.3 is 9.47 Å². The summed E-state index contributed by atoms with van der Waals surface area (Å²) in [6.45, 7) is 2.05. The third-order valence-electron chi connectivity index (χ3n) is 3.30. The Labute approximate surface area is 116 Å². The predicted octanol–water partition coefficient (Wildman–Crippen LogP) is 2.95. The van der Waals surface area contributed by atoms with Crippen molar-refractivity contribution in [1.29, 1.82) is 0 Å². The minimum Gasteiger partial charge on any atom is -0.493 e. The maximum Gasteiger partial charge on any atom is 0.162 e. The summed E-state index contributed by atoms with van der Waals surface area (Å²) in [7, 11) is 3.25. The maximum absolute atomic E-state index is 5.33.